The molecule has 2 N–H and O–H groups in total. The molecule has 1 amide bonds. The molecule has 120 valence electrons. The van der Waals surface area contributed by atoms with Gasteiger partial charge in [0.1, 0.15) is 5.01 Å². The molecule has 0 spiro atoms. The van der Waals surface area contributed by atoms with Gasteiger partial charge < -0.3 is 10.4 Å². The Morgan fingerprint density at radius 1 is 1.35 bits per heavy atom. The number of hydrogen-bond donors (Lipinski definition) is 2. The molecule has 3 rings (SSSR count). The van der Waals surface area contributed by atoms with Gasteiger partial charge in [-0.1, -0.05) is 12.1 Å². The molecule has 1 aliphatic carbocycles. The smallest absolute Gasteiger partial charge is 0.306 e. The average Bonchev–Trinajstić information content (AvgIpc) is 3.16. The Balaban J connectivity index is 1.70. The van der Waals surface area contributed by atoms with Gasteiger partial charge in [0, 0.05) is 28.2 Å². The van der Waals surface area contributed by atoms with E-state index in [0.29, 0.717) is 24.8 Å². The molecule has 23 heavy (non-hydrogen) atoms. The zero-order chi connectivity index (χ0) is 16.4. The standard InChI is InChI=1S/C17H18N2O3S/c1-10-9-23-16(18-10)12-4-2-3-11(7-12)15(20)19-14-6-5-13(8-14)17(21)22/h2-4,7,9,13-14H,5-6,8H2,1H3,(H,19,20)(H,21,22)/t13-,14+/m1/s1. The fourth-order valence-electron chi connectivity index (χ4n) is 2.89. The van der Waals surface area contributed by atoms with Gasteiger partial charge in [0.2, 0.25) is 0 Å². The van der Waals surface area contributed by atoms with E-state index in [1.54, 1.807) is 17.4 Å². The summed E-state index contributed by atoms with van der Waals surface area (Å²) in [6.45, 7) is 1.94. The summed E-state index contributed by atoms with van der Waals surface area (Å²) in [5.41, 5.74) is 2.46. The fraction of sp³-hybridized carbons (Fsp3) is 0.353. The molecule has 0 saturated heterocycles. The highest BCUT2D eigenvalue weighted by Gasteiger charge is 2.30. The molecule has 1 aliphatic rings. The third-order valence-electron chi connectivity index (χ3n) is 4.11. The van der Waals surface area contributed by atoms with Crippen molar-refractivity contribution in [3.8, 4) is 10.6 Å². The van der Waals surface area contributed by atoms with Gasteiger partial charge >= 0.3 is 5.97 Å². The molecular formula is C17H18N2O3S. The van der Waals surface area contributed by atoms with Crippen molar-refractivity contribution in [1.29, 1.82) is 0 Å². The number of carboxylic acid groups (broad SMARTS) is 1. The molecule has 2 aromatic rings. The third kappa shape index (κ3) is 3.59. The van der Waals surface area contributed by atoms with E-state index < -0.39 is 5.97 Å². The second kappa shape index (κ2) is 6.50. The van der Waals surface area contributed by atoms with Gasteiger partial charge in [-0.05, 0) is 38.3 Å². The maximum atomic E-state index is 12.4. The van der Waals surface area contributed by atoms with Crippen LogP contribution in [0.5, 0.6) is 0 Å². The molecule has 0 aliphatic heterocycles. The molecule has 0 unspecified atom stereocenters. The van der Waals surface area contributed by atoms with Crippen molar-refractivity contribution in [3.05, 3.63) is 40.9 Å². The number of carbonyl (C=O) groups is 2. The summed E-state index contributed by atoms with van der Waals surface area (Å²) < 4.78 is 0. The first-order chi connectivity index (χ1) is 11.0. The summed E-state index contributed by atoms with van der Waals surface area (Å²) in [5, 5.41) is 14.8. The van der Waals surface area contributed by atoms with E-state index in [-0.39, 0.29) is 17.9 Å². The summed E-state index contributed by atoms with van der Waals surface area (Å²) >= 11 is 1.55. The molecule has 1 saturated carbocycles. The van der Waals surface area contributed by atoms with Crippen LogP contribution >= 0.6 is 11.3 Å². The number of hydrogen-bond acceptors (Lipinski definition) is 4. The van der Waals surface area contributed by atoms with Gasteiger partial charge in [0.05, 0.1) is 5.92 Å². The number of carboxylic acids is 1. The normalized spacial score (nSPS) is 20.4. The lowest BCUT2D eigenvalue weighted by atomic mass is 10.1. The maximum absolute atomic E-state index is 12.4. The largest absolute Gasteiger partial charge is 0.481 e. The third-order valence-corrected chi connectivity index (χ3v) is 5.12. The van der Waals surface area contributed by atoms with Crippen molar-refractivity contribution < 1.29 is 14.7 Å². The number of rotatable bonds is 4. The molecule has 0 bridgehead atoms. The van der Waals surface area contributed by atoms with Gasteiger partial charge in [0.15, 0.2) is 0 Å². The lowest BCUT2D eigenvalue weighted by Crippen LogP contribution is -2.33. The molecule has 1 aromatic carbocycles. The van der Waals surface area contributed by atoms with Crippen LogP contribution < -0.4 is 5.32 Å². The van der Waals surface area contributed by atoms with Crippen molar-refractivity contribution in [3.63, 3.8) is 0 Å². The topological polar surface area (TPSA) is 79.3 Å². The molecule has 1 aromatic heterocycles. The van der Waals surface area contributed by atoms with Gasteiger partial charge in [-0.3, -0.25) is 9.59 Å². The number of amides is 1. The van der Waals surface area contributed by atoms with Crippen LogP contribution in [0.25, 0.3) is 10.6 Å². The number of thiazole rings is 1. The SMILES string of the molecule is Cc1csc(-c2cccc(C(=O)N[C@H]3CC[C@@H](C(=O)O)C3)c2)n1. The number of aliphatic carboxylic acids is 1. The average molecular weight is 330 g/mol. The lowest BCUT2D eigenvalue weighted by Gasteiger charge is -2.12. The minimum Gasteiger partial charge on any atom is -0.481 e. The van der Waals surface area contributed by atoms with Gasteiger partial charge in [-0.25, -0.2) is 4.98 Å². The molecule has 2 atom stereocenters. The van der Waals surface area contributed by atoms with Gasteiger partial charge in [-0.15, -0.1) is 11.3 Å². The van der Waals surface area contributed by atoms with E-state index in [1.807, 2.05) is 30.5 Å². The Morgan fingerprint density at radius 2 is 2.17 bits per heavy atom. The zero-order valence-corrected chi connectivity index (χ0v) is 13.6. The Bertz CT molecular complexity index is 741. The Hall–Kier alpha value is -2.21. The maximum Gasteiger partial charge on any atom is 0.306 e. The van der Waals surface area contributed by atoms with Crippen molar-refractivity contribution in [2.75, 3.05) is 0 Å². The first kappa shape index (κ1) is 15.7. The Labute approximate surface area is 138 Å². The second-order valence-electron chi connectivity index (χ2n) is 5.89. The predicted octanol–water partition coefficient (Wildman–Crippen LogP) is 3.10. The Morgan fingerprint density at radius 3 is 2.83 bits per heavy atom. The molecule has 5 nitrogen and oxygen atoms in total. The predicted molar refractivity (Wildman–Crippen MR) is 88.5 cm³/mol. The molecule has 1 heterocycles. The van der Waals surface area contributed by atoms with Gasteiger partial charge in [0.25, 0.3) is 5.91 Å². The van der Waals surface area contributed by atoms with E-state index in [2.05, 4.69) is 10.3 Å². The van der Waals surface area contributed by atoms with E-state index >= 15 is 0 Å². The minimum atomic E-state index is -0.775. The number of aryl methyl sites for hydroxylation is 1. The van der Waals surface area contributed by atoms with Crippen molar-refractivity contribution in [1.82, 2.24) is 10.3 Å². The number of carbonyl (C=O) groups excluding carboxylic acids is 1. The number of nitrogens with zero attached hydrogens (tertiary/aromatic N) is 1. The first-order valence-electron chi connectivity index (χ1n) is 7.59. The highest BCUT2D eigenvalue weighted by Crippen LogP contribution is 2.27. The summed E-state index contributed by atoms with van der Waals surface area (Å²) in [7, 11) is 0. The summed E-state index contributed by atoms with van der Waals surface area (Å²) in [5.74, 6) is -1.27. The quantitative estimate of drug-likeness (QED) is 0.903. The van der Waals surface area contributed by atoms with Gasteiger partial charge in [-0.2, -0.15) is 0 Å². The van der Waals surface area contributed by atoms with Crippen LogP contribution in [0.3, 0.4) is 0 Å². The van der Waals surface area contributed by atoms with E-state index in [0.717, 1.165) is 16.3 Å². The molecular weight excluding hydrogens is 312 g/mol. The summed E-state index contributed by atoms with van der Waals surface area (Å²) in [6.07, 6.45) is 1.85. The Kier molecular flexibility index (Phi) is 4.43. The second-order valence-corrected chi connectivity index (χ2v) is 6.75. The molecule has 6 heteroatoms. The van der Waals surface area contributed by atoms with Crippen LogP contribution in [-0.2, 0) is 4.79 Å². The minimum absolute atomic E-state index is 0.0608. The molecule has 1 fully saturated rings. The summed E-state index contributed by atoms with van der Waals surface area (Å²) in [6, 6.07) is 7.32. The zero-order valence-electron chi connectivity index (χ0n) is 12.8. The van der Waals surface area contributed by atoms with Crippen LogP contribution in [0.15, 0.2) is 29.6 Å². The monoisotopic (exact) mass is 330 g/mol. The van der Waals surface area contributed by atoms with Crippen molar-refractivity contribution >= 4 is 23.2 Å². The van der Waals surface area contributed by atoms with Crippen molar-refractivity contribution in [2.45, 2.75) is 32.2 Å². The molecule has 0 radical (unpaired) electrons. The summed E-state index contributed by atoms with van der Waals surface area (Å²) in [4.78, 5) is 27.8. The van der Waals surface area contributed by atoms with Crippen LogP contribution in [0.1, 0.15) is 35.3 Å². The van der Waals surface area contributed by atoms with Crippen LogP contribution in [-0.4, -0.2) is 28.0 Å². The number of aromatic nitrogens is 1. The van der Waals surface area contributed by atoms with Crippen LogP contribution in [0, 0.1) is 12.8 Å². The highest BCUT2D eigenvalue weighted by molar-refractivity contribution is 7.13. The van der Waals surface area contributed by atoms with Crippen LogP contribution in [0.4, 0.5) is 0 Å². The highest BCUT2D eigenvalue weighted by atomic mass is 32.1. The number of nitrogens with one attached hydrogen (secondary N) is 1. The number of benzene rings is 1. The van der Waals surface area contributed by atoms with Crippen molar-refractivity contribution in [2.24, 2.45) is 5.92 Å². The fourth-order valence-corrected chi connectivity index (χ4v) is 3.68. The van der Waals surface area contributed by atoms with E-state index in [1.165, 1.54) is 0 Å². The van der Waals surface area contributed by atoms with E-state index in [9.17, 15) is 9.59 Å². The lowest BCUT2D eigenvalue weighted by molar-refractivity contribution is -0.141. The first-order valence-corrected chi connectivity index (χ1v) is 8.47. The van der Waals surface area contributed by atoms with Crippen LogP contribution in [0.2, 0.25) is 0 Å². The van der Waals surface area contributed by atoms with E-state index in [4.69, 9.17) is 5.11 Å².